The van der Waals surface area contributed by atoms with Crippen LogP contribution in [0.2, 0.25) is 0 Å². The van der Waals surface area contributed by atoms with Gasteiger partial charge in [-0.2, -0.15) is 0 Å². The van der Waals surface area contributed by atoms with Crippen molar-refractivity contribution >= 4 is 5.97 Å². The molecule has 2 aromatic rings. The number of hydrogen-bond acceptors (Lipinski definition) is 5. The maximum Gasteiger partial charge on any atom is 0.310 e. The molecular formula is C26H33NO4. The van der Waals surface area contributed by atoms with E-state index in [9.17, 15) is 4.79 Å². The first kappa shape index (κ1) is 22.9. The summed E-state index contributed by atoms with van der Waals surface area (Å²) in [6, 6.07) is 17.2. The molecule has 0 bridgehead atoms. The van der Waals surface area contributed by atoms with Gasteiger partial charge in [-0.05, 0) is 54.0 Å². The van der Waals surface area contributed by atoms with E-state index in [4.69, 9.17) is 14.3 Å². The van der Waals surface area contributed by atoms with Crippen LogP contribution in [0.15, 0.2) is 66.4 Å². The third-order valence-electron chi connectivity index (χ3n) is 5.50. The van der Waals surface area contributed by atoms with Crippen LogP contribution in [-0.2, 0) is 21.0 Å². The summed E-state index contributed by atoms with van der Waals surface area (Å²) in [5.74, 6) is 1.75. The fourth-order valence-electron chi connectivity index (χ4n) is 3.63. The van der Waals surface area contributed by atoms with E-state index >= 15 is 0 Å². The maximum atomic E-state index is 12.7. The molecule has 5 nitrogen and oxygen atoms in total. The molecule has 2 aromatic carbocycles. The van der Waals surface area contributed by atoms with E-state index in [1.165, 1.54) is 0 Å². The zero-order valence-corrected chi connectivity index (χ0v) is 19.1. The summed E-state index contributed by atoms with van der Waals surface area (Å²) in [4.78, 5) is 18.2. The summed E-state index contributed by atoms with van der Waals surface area (Å²) in [6.07, 6.45) is 2.07. The molecule has 0 aromatic heterocycles. The highest BCUT2D eigenvalue weighted by atomic mass is 16.6. The highest BCUT2D eigenvalue weighted by molar-refractivity contribution is 5.78. The van der Waals surface area contributed by atoms with Gasteiger partial charge in [-0.15, -0.1) is 0 Å². The maximum absolute atomic E-state index is 12.7. The summed E-state index contributed by atoms with van der Waals surface area (Å²) in [5.41, 5.74) is 4.65. The van der Waals surface area contributed by atoms with E-state index in [1.54, 1.807) is 0 Å². The van der Waals surface area contributed by atoms with Crippen molar-refractivity contribution in [2.75, 3.05) is 6.61 Å². The average Bonchev–Trinajstić information content (AvgIpc) is 3.26. The Labute approximate surface area is 185 Å². The van der Waals surface area contributed by atoms with Gasteiger partial charge in [-0.1, -0.05) is 64.1 Å². The zero-order valence-electron chi connectivity index (χ0n) is 19.1. The number of carbonyl (C=O) groups is 1. The molecule has 0 aliphatic heterocycles. The van der Waals surface area contributed by atoms with Gasteiger partial charge in [0.05, 0.1) is 12.5 Å². The van der Waals surface area contributed by atoms with Crippen molar-refractivity contribution in [3.05, 3.63) is 71.9 Å². The van der Waals surface area contributed by atoms with Crippen LogP contribution in [0, 0.1) is 23.2 Å². The Morgan fingerprint density at radius 1 is 1.10 bits per heavy atom. The molecule has 2 atom stereocenters. The van der Waals surface area contributed by atoms with Crippen LogP contribution >= 0.6 is 0 Å². The Morgan fingerprint density at radius 3 is 2.52 bits per heavy atom. The number of hydrogen-bond donors (Lipinski definition) is 1. The summed E-state index contributed by atoms with van der Waals surface area (Å²) < 4.78 is 11.5. The summed E-state index contributed by atoms with van der Waals surface area (Å²) >= 11 is 0. The van der Waals surface area contributed by atoms with Crippen LogP contribution in [0.1, 0.15) is 40.2 Å². The Morgan fingerprint density at radius 2 is 1.81 bits per heavy atom. The standard InChI is InChI=1S/C26H33NO4/c1-18(2)16-30-27-19(3)14-23-24(26(23,4)5)25(28)29-17-20-10-9-13-22(15-20)31-21-11-7-6-8-12-21/h6-15,18,23-24,27H,16-17H2,1-5H3/t23-,24-/m0/s1. The van der Waals surface area contributed by atoms with Crippen molar-refractivity contribution in [2.24, 2.45) is 23.2 Å². The van der Waals surface area contributed by atoms with Crippen molar-refractivity contribution in [2.45, 2.75) is 41.2 Å². The lowest BCUT2D eigenvalue weighted by Crippen LogP contribution is -2.16. The molecule has 0 amide bonds. The molecule has 31 heavy (non-hydrogen) atoms. The van der Waals surface area contributed by atoms with E-state index in [0.717, 1.165) is 22.8 Å². The molecular weight excluding hydrogens is 390 g/mol. The van der Waals surface area contributed by atoms with Gasteiger partial charge < -0.3 is 9.47 Å². The van der Waals surface area contributed by atoms with Crippen LogP contribution in [-0.4, -0.2) is 12.6 Å². The largest absolute Gasteiger partial charge is 0.461 e. The van der Waals surface area contributed by atoms with Crippen LogP contribution in [0.25, 0.3) is 0 Å². The molecule has 0 spiro atoms. The summed E-state index contributed by atoms with van der Waals surface area (Å²) in [6.45, 7) is 11.2. The Bertz CT molecular complexity index is 905. The molecule has 1 N–H and O–H groups in total. The first-order chi connectivity index (χ1) is 14.8. The lowest BCUT2D eigenvalue weighted by atomic mass is 10.1. The van der Waals surface area contributed by atoms with Gasteiger partial charge in [0, 0.05) is 5.70 Å². The third-order valence-corrected chi connectivity index (χ3v) is 5.50. The van der Waals surface area contributed by atoms with Gasteiger partial charge in [0.2, 0.25) is 0 Å². The minimum atomic E-state index is -0.170. The lowest BCUT2D eigenvalue weighted by molar-refractivity contribution is -0.147. The van der Waals surface area contributed by atoms with Crippen molar-refractivity contribution in [3.8, 4) is 11.5 Å². The van der Waals surface area contributed by atoms with Crippen molar-refractivity contribution in [1.29, 1.82) is 0 Å². The van der Waals surface area contributed by atoms with Gasteiger partial charge in [0.25, 0.3) is 0 Å². The summed E-state index contributed by atoms with van der Waals surface area (Å²) in [7, 11) is 0. The molecule has 1 aliphatic rings. The Balaban J connectivity index is 1.53. The fraction of sp³-hybridized carbons (Fsp3) is 0.423. The number of benzene rings is 2. The van der Waals surface area contributed by atoms with Gasteiger partial charge in [0.1, 0.15) is 18.1 Å². The van der Waals surface area contributed by atoms with E-state index in [2.05, 4.69) is 39.3 Å². The van der Waals surface area contributed by atoms with Crippen LogP contribution < -0.4 is 10.2 Å². The number of para-hydroxylation sites is 1. The molecule has 5 heteroatoms. The number of rotatable bonds is 10. The van der Waals surface area contributed by atoms with E-state index in [1.807, 2.05) is 61.5 Å². The molecule has 3 rings (SSSR count). The van der Waals surface area contributed by atoms with Crippen molar-refractivity contribution < 1.29 is 19.1 Å². The first-order valence-corrected chi connectivity index (χ1v) is 10.8. The molecule has 1 fully saturated rings. The first-order valence-electron chi connectivity index (χ1n) is 10.8. The van der Waals surface area contributed by atoms with Crippen molar-refractivity contribution in [1.82, 2.24) is 5.48 Å². The Kier molecular flexibility index (Phi) is 7.39. The topological polar surface area (TPSA) is 56.8 Å². The number of allylic oxidation sites excluding steroid dienone is 2. The van der Waals surface area contributed by atoms with Crippen LogP contribution in [0.3, 0.4) is 0 Å². The highest BCUT2D eigenvalue weighted by Crippen LogP contribution is 2.59. The molecule has 0 unspecified atom stereocenters. The van der Waals surface area contributed by atoms with Crippen molar-refractivity contribution in [3.63, 3.8) is 0 Å². The molecule has 0 radical (unpaired) electrons. The SMILES string of the molecule is CC(=C[C@H]1[C@@H](C(=O)OCc2cccc(Oc3ccccc3)c2)C1(C)C)NOCC(C)C. The minimum absolute atomic E-state index is 0.128. The number of ether oxygens (including phenoxy) is 2. The summed E-state index contributed by atoms with van der Waals surface area (Å²) in [5, 5.41) is 0. The van der Waals surface area contributed by atoms with Gasteiger partial charge >= 0.3 is 5.97 Å². The van der Waals surface area contributed by atoms with Gasteiger partial charge in [0.15, 0.2) is 0 Å². The predicted molar refractivity (Wildman–Crippen MR) is 121 cm³/mol. The van der Waals surface area contributed by atoms with Crippen LogP contribution in [0.5, 0.6) is 11.5 Å². The average molecular weight is 424 g/mol. The minimum Gasteiger partial charge on any atom is -0.461 e. The quantitative estimate of drug-likeness (QED) is 0.382. The van der Waals surface area contributed by atoms with Gasteiger partial charge in [-0.25, -0.2) is 0 Å². The Hall–Kier alpha value is -2.79. The van der Waals surface area contributed by atoms with E-state index in [-0.39, 0.29) is 29.8 Å². The predicted octanol–water partition coefficient (Wildman–Crippen LogP) is 5.88. The number of esters is 1. The molecule has 1 saturated carbocycles. The smallest absolute Gasteiger partial charge is 0.310 e. The monoisotopic (exact) mass is 423 g/mol. The normalized spacial score (nSPS) is 19.7. The van der Waals surface area contributed by atoms with E-state index < -0.39 is 0 Å². The van der Waals surface area contributed by atoms with Crippen LogP contribution in [0.4, 0.5) is 0 Å². The molecule has 166 valence electrons. The highest BCUT2D eigenvalue weighted by Gasteiger charge is 2.61. The number of hydroxylamine groups is 1. The van der Waals surface area contributed by atoms with E-state index in [0.29, 0.717) is 12.5 Å². The lowest BCUT2D eigenvalue weighted by Gasteiger charge is -2.09. The third kappa shape index (κ3) is 6.34. The second-order valence-corrected chi connectivity index (χ2v) is 9.15. The number of nitrogens with one attached hydrogen (secondary N) is 1. The second kappa shape index (κ2) is 10.0. The second-order valence-electron chi connectivity index (χ2n) is 9.15. The zero-order chi connectivity index (χ0) is 22.4. The molecule has 0 heterocycles. The molecule has 0 saturated heterocycles. The van der Waals surface area contributed by atoms with Gasteiger partial charge in [-0.3, -0.25) is 15.1 Å². The fourth-order valence-corrected chi connectivity index (χ4v) is 3.63. The number of carbonyl (C=O) groups excluding carboxylic acids is 1. The molecule has 1 aliphatic carbocycles.